The quantitative estimate of drug-likeness (QED) is 0.705. The van der Waals surface area contributed by atoms with Gasteiger partial charge in [-0.3, -0.25) is 4.79 Å². The molecule has 0 unspecified atom stereocenters. The standard InChI is InChI=1S/C21H23NO3/c1-15(13-19-14-17-5-3-4-6-20(17)25-19)22-21(23)12-9-16-7-10-18(24-2)11-8-16/h3-8,10-11,14-15H,9,12-13H2,1-2H3,(H,22,23)/t15-/m1/s1. The smallest absolute Gasteiger partial charge is 0.220 e. The maximum absolute atomic E-state index is 12.1. The molecule has 1 heterocycles. The maximum Gasteiger partial charge on any atom is 0.220 e. The monoisotopic (exact) mass is 337 g/mol. The lowest BCUT2D eigenvalue weighted by atomic mass is 10.1. The number of methoxy groups -OCH3 is 1. The van der Waals surface area contributed by atoms with Crippen molar-refractivity contribution in [3.05, 3.63) is 65.9 Å². The van der Waals surface area contributed by atoms with Crippen molar-refractivity contribution >= 4 is 16.9 Å². The number of rotatable bonds is 7. The number of amides is 1. The van der Waals surface area contributed by atoms with Crippen molar-refractivity contribution in [2.45, 2.75) is 32.2 Å². The predicted octanol–water partition coefficient (Wildman–Crippen LogP) is 4.12. The van der Waals surface area contributed by atoms with Crippen LogP contribution in [0.15, 0.2) is 59.0 Å². The van der Waals surface area contributed by atoms with Crippen molar-refractivity contribution < 1.29 is 13.9 Å². The van der Waals surface area contributed by atoms with Crippen molar-refractivity contribution in [3.8, 4) is 5.75 Å². The van der Waals surface area contributed by atoms with E-state index in [0.29, 0.717) is 19.3 Å². The minimum atomic E-state index is 0.0314. The number of para-hydroxylation sites is 1. The molecular weight excluding hydrogens is 314 g/mol. The van der Waals surface area contributed by atoms with Crippen molar-refractivity contribution in [2.75, 3.05) is 7.11 Å². The molecule has 1 aromatic heterocycles. The van der Waals surface area contributed by atoms with Gasteiger partial charge in [-0.15, -0.1) is 0 Å². The first-order valence-corrected chi connectivity index (χ1v) is 8.54. The van der Waals surface area contributed by atoms with Gasteiger partial charge < -0.3 is 14.5 Å². The van der Waals surface area contributed by atoms with Crippen molar-refractivity contribution in [1.29, 1.82) is 0 Å². The number of benzene rings is 2. The van der Waals surface area contributed by atoms with Crippen LogP contribution < -0.4 is 10.1 Å². The number of nitrogens with one attached hydrogen (secondary N) is 1. The van der Waals surface area contributed by atoms with Crippen LogP contribution in [0.3, 0.4) is 0 Å². The van der Waals surface area contributed by atoms with Crippen LogP contribution in [0.5, 0.6) is 5.75 Å². The minimum absolute atomic E-state index is 0.0314. The summed E-state index contributed by atoms with van der Waals surface area (Å²) in [6, 6.07) is 17.8. The van der Waals surface area contributed by atoms with E-state index in [1.165, 1.54) is 0 Å². The van der Waals surface area contributed by atoms with Gasteiger partial charge in [0.1, 0.15) is 17.1 Å². The molecule has 0 spiro atoms. The van der Waals surface area contributed by atoms with Gasteiger partial charge in [-0.05, 0) is 43.2 Å². The Kier molecular flexibility index (Phi) is 5.39. The summed E-state index contributed by atoms with van der Waals surface area (Å²) < 4.78 is 10.9. The molecular formula is C21H23NO3. The second-order valence-electron chi connectivity index (χ2n) is 6.27. The van der Waals surface area contributed by atoms with E-state index < -0.39 is 0 Å². The van der Waals surface area contributed by atoms with Crippen LogP contribution in [0.2, 0.25) is 0 Å². The molecule has 130 valence electrons. The van der Waals surface area contributed by atoms with Crippen molar-refractivity contribution in [1.82, 2.24) is 5.32 Å². The first-order chi connectivity index (χ1) is 12.1. The Labute approximate surface area is 147 Å². The Bertz CT molecular complexity index is 803. The van der Waals surface area contributed by atoms with Crippen LogP contribution >= 0.6 is 0 Å². The fourth-order valence-corrected chi connectivity index (χ4v) is 2.89. The first-order valence-electron chi connectivity index (χ1n) is 8.54. The predicted molar refractivity (Wildman–Crippen MR) is 98.8 cm³/mol. The number of aryl methyl sites for hydroxylation is 1. The Morgan fingerprint density at radius 2 is 1.92 bits per heavy atom. The molecule has 25 heavy (non-hydrogen) atoms. The molecule has 0 saturated carbocycles. The van der Waals surface area contributed by atoms with E-state index in [1.807, 2.05) is 61.5 Å². The molecule has 4 nitrogen and oxygen atoms in total. The van der Waals surface area contributed by atoms with Crippen LogP contribution in [0.4, 0.5) is 0 Å². The maximum atomic E-state index is 12.1. The molecule has 0 aliphatic rings. The molecule has 0 bridgehead atoms. The highest BCUT2D eigenvalue weighted by molar-refractivity contribution is 5.78. The van der Waals surface area contributed by atoms with Gasteiger partial charge in [0, 0.05) is 24.3 Å². The summed E-state index contributed by atoms with van der Waals surface area (Å²) >= 11 is 0. The third kappa shape index (κ3) is 4.63. The first kappa shape index (κ1) is 17.1. The third-order valence-corrected chi connectivity index (χ3v) is 4.19. The zero-order valence-electron chi connectivity index (χ0n) is 14.6. The highest BCUT2D eigenvalue weighted by Gasteiger charge is 2.11. The van der Waals surface area contributed by atoms with Gasteiger partial charge in [0.15, 0.2) is 0 Å². The molecule has 0 aliphatic heterocycles. The molecule has 1 amide bonds. The molecule has 4 heteroatoms. The topological polar surface area (TPSA) is 51.5 Å². The fourth-order valence-electron chi connectivity index (χ4n) is 2.89. The van der Waals surface area contributed by atoms with E-state index in [1.54, 1.807) is 7.11 Å². The van der Waals surface area contributed by atoms with Crippen LogP contribution in [0, 0.1) is 0 Å². The second kappa shape index (κ2) is 7.88. The average Bonchev–Trinajstić information content (AvgIpc) is 3.02. The van der Waals surface area contributed by atoms with Crippen molar-refractivity contribution in [2.24, 2.45) is 0 Å². The number of hydrogen-bond acceptors (Lipinski definition) is 3. The molecule has 0 aliphatic carbocycles. The molecule has 2 aromatic carbocycles. The van der Waals surface area contributed by atoms with E-state index in [9.17, 15) is 4.79 Å². The largest absolute Gasteiger partial charge is 0.497 e. The Hall–Kier alpha value is -2.75. The molecule has 0 saturated heterocycles. The summed E-state index contributed by atoms with van der Waals surface area (Å²) in [5, 5.41) is 4.13. The zero-order chi connectivity index (χ0) is 17.6. The molecule has 3 aromatic rings. The zero-order valence-corrected chi connectivity index (χ0v) is 14.6. The summed E-state index contributed by atoms with van der Waals surface area (Å²) in [5.41, 5.74) is 2.01. The van der Waals surface area contributed by atoms with Crippen LogP contribution in [-0.2, 0) is 17.6 Å². The number of ether oxygens (including phenoxy) is 1. The Morgan fingerprint density at radius 1 is 1.16 bits per heavy atom. The Morgan fingerprint density at radius 3 is 2.64 bits per heavy atom. The van der Waals surface area contributed by atoms with Crippen molar-refractivity contribution in [3.63, 3.8) is 0 Å². The van der Waals surface area contributed by atoms with E-state index in [-0.39, 0.29) is 11.9 Å². The number of fused-ring (bicyclic) bond motifs is 1. The summed E-state index contributed by atoms with van der Waals surface area (Å²) in [4.78, 5) is 12.1. The van der Waals surface area contributed by atoms with E-state index in [2.05, 4.69) is 5.32 Å². The van der Waals surface area contributed by atoms with Gasteiger partial charge in [-0.25, -0.2) is 0 Å². The highest BCUT2D eigenvalue weighted by atomic mass is 16.5. The van der Waals surface area contributed by atoms with Gasteiger partial charge in [0.05, 0.1) is 7.11 Å². The third-order valence-electron chi connectivity index (χ3n) is 4.19. The summed E-state index contributed by atoms with van der Waals surface area (Å²) in [5.74, 6) is 1.77. The lowest BCUT2D eigenvalue weighted by Gasteiger charge is -2.12. The lowest BCUT2D eigenvalue weighted by Crippen LogP contribution is -2.34. The SMILES string of the molecule is COc1ccc(CCC(=O)N[C@H](C)Cc2cc3ccccc3o2)cc1. The second-order valence-corrected chi connectivity index (χ2v) is 6.27. The molecule has 0 radical (unpaired) electrons. The molecule has 3 rings (SSSR count). The van der Waals surface area contributed by atoms with E-state index in [4.69, 9.17) is 9.15 Å². The van der Waals surface area contributed by atoms with Gasteiger partial charge in [-0.2, -0.15) is 0 Å². The number of hydrogen-bond donors (Lipinski definition) is 1. The highest BCUT2D eigenvalue weighted by Crippen LogP contribution is 2.19. The number of carbonyl (C=O) groups excluding carboxylic acids is 1. The fraction of sp³-hybridized carbons (Fsp3) is 0.286. The summed E-state index contributed by atoms with van der Waals surface area (Å²) in [6.07, 6.45) is 1.87. The molecule has 0 fully saturated rings. The summed E-state index contributed by atoms with van der Waals surface area (Å²) in [7, 11) is 1.64. The number of furan rings is 1. The average molecular weight is 337 g/mol. The molecule has 1 N–H and O–H groups in total. The number of carbonyl (C=O) groups is 1. The summed E-state index contributed by atoms with van der Waals surface area (Å²) in [6.45, 7) is 2.00. The molecule has 1 atom stereocenters. The minimum Gasteiger partial charge on any atom is -0.497 e. The van der Waals surface area contributed by atoms with E-state index in [0.717, 1.165) is 28.0 Å². The Balaban J connectivity index is 1.48. The van der Waals surface area contributed by atoms with E-state index >= 15 is 0 Å². The van der Waals surface area contributed by atoms with Crippen LogP contribution in [-0.4, -0.2) is 19.1 Å². The van der Waals surface area contributed by atoms with Crippen LogP contribution in [0.1, 0.15) is 24.7 Å². The van der Waals surface area contributed by atoms with Gasteiger partial charge in [-0.1, -0.05) is 30.3 Å². The van der Waals surface area contributed by atoms with Gasteiger partial charge in [0.25, 0.3) is 0 Å². The van der Waals surface area contributed by atoms with Crippen LogP contribution in [0.25, 0.3) is 11.0 Å². The van der Waals surface area contributed by atoms with Gasteiger partial charge >= 0.3 is 0 Å². The van der Waals surface area contributed by atoms with Gasteiger partial charge in [0.2, 0.25) is 5.91 Å². The lowest BCUT2D eigenvalue weighted by molar-refractivity contribution is -0.121. The normalized spacial score (nSPS) is 12.1.